The molecule has 1 rings (SSSR count). The van der Waals surface area contributed by atoms with Crippen LogP contribution < -0.4 is 4.74 Å². The minimum atomic E-state index is -0.404. The van der Waals surface area contributed by atoms with Gasteiger partial charge in [0.1, 0.15) is 11.9 Å². The van der Waals surface area contributed by atoms with Gasteiger partial charge in [-0.05, 0) is 19.4 Å². The summed E-state index contributed by atoms with van der Waals surface area (Å²) in [5, 5.41) is 0. The second kappa shape index (κ2) is 6.23. The number of methoxy groups -OCH3 is 1. The SMILES string of the molecule is CCOc1cncc(C(=O)C(CC)OC)c1. The van der Waals surface area contributed by atoms with E-state index in [9.17, 15) is 4.79 Å². The number of hydrogen-bond donors (Lipinski definition) is 0. The van der Waals surface area contributed by atoms with Crippen molar-refractivity contribution in [3.8, 4) is 5.75 Å². The Morgan fingerprint density at radius 3 is 2.75 bits per heavy atom. The summed E-state index contributed by atoms with van der Waals surface area (Å²) < 4.78 is 10.4. The lowest BCUT2D eigenvalue weighted by molar-refractivity contribution is 0.0595. The average molecular weight is 223 g/mol. The molecule has 0 aromatic carbocycles. The number of pyridine rings is 1. The molecule has 4 nitrogen and oxygen atoms in total. The molecule has 1 unspecified atom stereocenters. The largest absolute Gasteiger partial charge is 0.492 e. The lowest BCUT2D eigenvalue weighted by Crippen LogP contribution is -2.22. The lowest BCUT2D eigenvalue weighted by atomic mass is 10.1. The molecule has 4 heteroatoms. The first-order valence-corrected chi connectivity index (χ1v) is 5.37. The molecule has 0 saturated carbocycles. The lowest BCUT2D eigenvalue weighted by Gasteiger charge is -2.12. The Kier molecular flexibility index (Phi) is 4.92. The smallest absolute Gasteiger partial charge is 0.193 e. The van der Waals surface area contributed by atoms with E-state index in [2.05, 4.69) is 4.98 Å². The third-order valence-electron chi connectivity index (χ3n) is 2.26. The Morgan fingerprint density at radius 1 is 1.44 bits per heavy atom. The number of nitrogens with zero attached hydrogens (tertiary/aromatic N) is 1. The molecule has 0 aliphatic carbocycles. The zero-order valence-corrected chi connectivity index (χ0v) is 9.90. The van der Waals surface area contributed by atoms with Crippen LogP contribution in [0.5, 0.6) is 5.75 Å². The van der Waals surface area contributed by atoms with Gasteiger partial charge >= 0.3 is 0 Å². The first-order valence-electron chi connectivity index (χ1n) is 5.37. The van der Waals surface area contributed by atoms with Crippen molar-refractivity contribution in [3.05, 3.63) is 24.0 Å². The van der Waals surface area contributed by atoms with E-state index in [1.54, 1.807) is 12.3 Å². The summed E-state index contributed by atoms with van der Waals surface area (Å²) in [6, 6.07) is 1.69. The van der Waals surface area contributed by atoms with Gasteiger partial charge in [0.2, 0.25) is 0 Å². The molecular weight excluding hydrogens is 206 g/mol. The van der Waals surface area contributed by atoms with Crippen LogP contribution in [0.25, 0.3) is 0 Å². The summed E-state index contributed by atoms with van der Waals surface area (Å²) in [6.45, 7) is 4.35. The first kappa shape index (κ1) is 12.6. The van der Waals surface area contributed by atoms with Gasteiger partial charge in [0.05, 0.1) is 12.8 Å². The molecule has 0 aliphatic rings. The van der Waals surface area contributed by atoms with E-state index >= 15 is 0 Å². The molecule has 88 valence electrons. The van der Waals surface area contributed by atoms with Gasteiger partial charge in [-0.25, -0.2) is 0 Å². The predicted molar refractivity (Wildman–Crippen MR) is 60.8 cm³/mol. The summed E-state index contributed by atoms with van der Waals surface area (Å²) in [6.07, 6.45) is 3.37. The number of Topliss-reactive ketones (excluding diaryl/α,β-unsaturated/α-hetero) is 1. The number of ketones is 1. The molecule has 0 aliphatic heterocycles. The van der Waals surface area contributed by atoms with E-state index in [1.165, 1.54) is 13.3 Å². The number of rotatable bonds is 6. The van der Waals surface area contributed by atoms with E-state index in [4.69, 9.17) is 9.47 Å². The van der Waals surface area contributed by atoms with Gasteiger partial charge in [-0.3, -0.25) is 9.78 Å². The number of aromatic nitrogens is 1. The maximum atomic E-state index is 11.9. The Bertz CT molecular complexity index is 348. The van der Waals surface area contributed by atoms with Gasteiger partial charge in [-0.1, -0.05) is 6.92 Å². The quantitative estimate of drug-likeness (QED) is 0.693. The van der Waals surface area contributed by atoms with Crippen molar-refractivity contribution in [1.82, 2.24) is 4.98 Å². The van der Waals surface area contributed by atoms with Gasteiger partial charge in [-0.15, -0.1) is 0 Å². The number of carbonyl (C=O) groups excluding carboxylic acids is 1. The van der Waals surface area contributed by atoms with E-state index in [1.807, 2.05) is 13.8 Å². The Balaban J connectivity index is 2.86. The number of carbonyl (C=O) groups is 1. The standard InChI is InChI=1S/C12H17NO3/c1-4-11(15-3)12(14)9-6-10(16-5-2)8-13-7-9/h6-8,11H,4-5H2,1-3H3. The minimum absolute atomic E-state index is 0.0564. The van der Waals surface area contributed by atoms with Crippen LogP contribution in [0.15, 0.2) is 18.5 Å². The maximum Gasteiger partial charge on any atom is 0.193 e. The van der Waals surface area contributed by atoms with Gasteiger partial charge in [0, 0.05) is 18.9 Å². The van der Waals surface area contributed by atoms with Crippen molar-refractivity contribution in [3.63, 3.8) is 0 Å². The van der Waals surface area contributed by atoms with Crippen LogP contribution in [0, 0.1) is 0 Å². The predicted octanol–water partition coefficient (Wildman–Crippen LogP) is 2.09. The molecule has 16 heavy (non-hydrogen) atoms. The monoisotopic (exact) mass is 223 g/mol. The summed E-state index contributed by atoms with van der Waals surface area (Å²) in [4.78, 5) is 15.9. The molecule has 0 spiro atoms. The second-order valence-corrected chi connectivity index (χ2v) is 3.34. The molecule has 0 N–H and O–H groups in total. The van der Waals surface area contributed by atoms with E-state index in [0.717, 1.165) is 0 Å². The highest BCUT2D eigenvalue weighted by atomic mass is 16.5. The highest BCUT2D eigenvalue weighted by molar-refractivity contribution is 5.99. The molecule has 1 heterocycles. The topological polar surface area (TPSA) is 48.4 Å². The fourth-order valence-electron chi connectivity index (χ4n) is 1.44. The van der Waals surface area contributed by atoms with Crippen molar-refractivity contribution in [2.45, 2.75) is 26.4 Å². The minimum Gasteiger partial charge on any atom is -0.492 e. The molecular formula is C12H17NO3. The summed E-state index contributed by atoms with van der Waals surface area (Å²) in [5.74, 6) is 0.554. The van der Waals surface area contributed by atoms with Crippen molar-refractivity contribution >= 4 is 5.78 Å². The van der Waals surface area contributed by atoms with Crippen LogP contribution in [-0.2, 0) is 4.74 Å². The van der Waals surface area contributed by atoms with Crippen LogP contribution in [0.4, 0.5) is 0 Å². The molecule has 0 fully saturated rings. The molecule has 0 amide bonds. The molecule has 1 atom stereocenters. The Morgan fingerprint density at radius 2 is 2.19 bits per heavy atom. The highest BCUT2D eigenvalue weighted by Crippen LogP contribution is 2.14. The highest BCUT2D eigenvalue weighted by Gasteiger charge is 2.18. The van der Waals surface area contributed by atoms with E-state index in [0.29, 0.717) is 24.3 Å². The van der Waals surface area contributed by atoms with Crippen molar-refractivity contribution < 1.29 is 14.3 Å². The molecule has 1 aromatic heterocycles. The Labute approximate surface area is 95.6 Å². The van der Waals surface area contributed by atoms with Gasteiger partial charge < -0.3 is 9.47 Å². The molecule has 0 radical (unpaired) electrons. The van der Waals surface area contributed by atoms with Crippen molar-refractivity contribution in [2.24, 2.45) is 0 Å². The van der Waals surface area contributed by atoms with Crippen LogP contribution in [0.1, 0.15) is 30.6 Å². The Hall–Kier alpha value is -1.42. The normalized spacial score (nSPS) is 12.2. The number of ether oxygens (including phenoxy) is 2. The zero-order chi connectivity index (χ0) is 12.0. The third kappa shape index (κ3) is 3.03. The van der Waals surface area contributed by atoms with Gasteiger partial charge in [0.25, 0.3) is 0 Å². The van der Waals surface area contributed by atoms with Gasteiger partial charge in [0.15, 0.2) is 5.78 Å². The van der Waals surface area contributed by atoms with Crippen LogP contribution >= 0.6 is 0 Å². The van der Waals surface area contributed by atoms with Crippen molar-refractivity contribution in [1.29, 1.82) is 0 Å². The molecule has 0 saturated heterocycles. The van der Waals surface area contributed by atoms with Gasteiger partial charge in [-0.2, -0.15) is 0 Å². The van der Waals surface area contributed by atoms with Crippen LogP contribution in [0.3, 0.4) is 0 Å². The van der Waals surface area contributed by atoms with Crippen LogP contribution in [-0.4, -0.2) is 30.6 Å². The summed E-state index contributed by atoms with van der Waals surface area (Å²) in [5.41, 5.74) is 0.527. The fourth-order valence-corrected chi connectivity index (χ4v) is 1.44. The van der Waals surface area contributed by atoms with Crippen LogP contribution in [0.2, 0.25) is 0 Å². The summed E-state index contributed by atoms with van der Waals surface area (Å²) in [7, 11) is 1.53. The molecule has 1 aromatic rings. The second-order valence-electron chi connectivity index (χ2n) is 3.34. The summed E-state index contributed by atoms with van der Waals surface area (Å²) >= 11 is 0. The van der Waals surface area contributed by atoms with E-state index in [-0.39, 0.29) is 5.78 Å². The maximum absolute atomic E-state index is 11.9. The fraction of sp³-hybridized carbons (Fsp3) is 0.500. The zero-order valence-electron chi connectivity index (χ0n) is 9.90. The average Bonchev–Trinajstić information content (AvgIpc) is 2.31. The number of hydrogen-bond acceptors (Lipinski definition) is 4. The van der Waals surface area contributed by atoms with E-state index < -0.39 is 6.10 Å². The molecule has 0 bridgehead atoms. The third-order valence-corrected chi connectivity index (χ3v) is 2.26. The first-order chi connectivity index (χ1) is 7.72. The van der Waals surface area contributed by atoms with Crippen molar-refractivity contribution in [2.75, 3.05) is 13.7 Å².